The molecule has 0 saturated heterocycles. The van der Waals surface area contributed by atoms with Crippen LogP contribution >= 0.6 is 22.7 Å². The summed E-state index contributed by atoms with van der Waals surface area (Å²) in [5.74, 6) is 0. The molecule has 2 heterocycles. The molecule has 4 nitrogen and oxygen atoms in total. The minimum absolute atomic E-state index is 0.0891. The Hall–Kier alpha value is -1.37. The first-order valence-corrected chi connectivity index (χ1v) is 7.72. The Bertz CT molecular complexity index is 448. The molecule has 0 spiro atoms. The fourth-order valence-corrected chi connectivity index (χ4v) is 3.15. The van der Waals surface area contributed by atoms with Crippen molar-refractivity contribution in [3.05, 3.63) is 44.8 Å². The van der Waals surface area contributed by atoms with E-state index in [4.69, 9.17) is 4.74 Å². The maximum Gasteiger partial charge on any atom is 0.315 e. The van der Waals surface area contributed by atoms with Crippen LogP contribution in [-0.4, -0.2) is 26.3 Å². The van der Waals surface area contributed by atoms with E-state index in [1.807, 2.05) is 29.0 Å². The molecule has 0 unspecified atom stereocenters. The van der Waals surface area contributed by atoms with Crippen molar-refractivity contribution < 1.29 is 9.53 Å². The molecule has 0 aliphatic carbocycles. The summed E-state index contributed by atoms with van der Waals surface area (Å²) in [5, 5.41) is 11.8. The van der Waals surface area contributed by atoms with Crippen LogP contribution in [0.5, 0.6) is 0 Å². The van der Waals surface area contributed by atoms with Gasteiger partial charge in [0.25, 0.3) is 0 Å². The molecule has 6 heteroatoms. The highest BCUT2D eigenvalue weighted by Gasteiger charge is 2.17. The molecule has 0 radical (unpaired) electrons. The van der Waals surface area contributed by atoms with Gasteiger partial charge in [0.15, 0.2) is 0 Å². The van der Waals surface area contributed by atoms with Crippen molar-refractivity contribution in [2.45, 2.75) is 6.04 Å². The second-order valence-corrected chi connectivity index (χ2v) is 5.66. The first kappa shape index (κ1) is 14.0. The lowest BCUT2D eigenvalue weighted by Crippen LogP contribution is -2.39. The normalized spacial score (nSPS) is 12.1. The fraction of sp³-hybridized carbons (Fsp3) is 0.308. The van der Waals surface area contributed by atoms with E-state index in [-0.39, 0.29) is 12.1 Å². The predicted molar refractivity (Wildman–Crippen MR) is 78.9 cm³/mol. The summed E-state index contributed by atoms with van der Waals surface area (Å²) >= 11 is 3.26. The second-order valence-electron chi connectivity index (χ2n) is 3.90. The van der Waals surface area contributed by atoms with Crippen LogP contribution < -0.4 is 10.6 Å². The molecule has 0 aromatic carbocycles. The number of rotatable bonds is 6. The molecule has 2 amide bonds. The number of nitrogens with one attached hydrogen (secondary N) is 2. The van der Waals surface area contributed by atoms with E-state index >= 15 is 0 Å². The van der Waals surface area contributed by atoms with Crippen LogP contribution in [0.4, 0.5) is 4.79 Å². The van der Waals surface area contributed by atoms with Crippen LogP contribution in [0.2, 0.25) is 0 Å². The Balaban J connectivity index is 2.01. The van der Waals surface area contributed by atoms with Crippen molar-refractivity contribution in [3.8, 4) is 0 Å². The van der Waals surface area contributed by atoms with Gasteiger partial charge >= 0.3 is 6.03 Å². The van der Waals surface area contributed by atoms with Gasteiger partial charge in [0.05, 0.1) is 12.6 Å². The van der Waals surface area contributed by atoms with E-state index in [0.717, 1.165) is 10.4 Å². The summed E-state index contributed by atoms with van der Waals surface area (Å²) in [6.07, 6.45) is 0. The Kier molecular flexibility index (Phi) is 5.38. The van der Waals surface area contributed by atoms with Crippen LogP contribution in [0.3, 0.4) is 0 Å². The summed E-state index contributed by atoms with van der Waals surface area (Å²) in [6.45, 7) is 1.01. The van der Waals surface area contributed by atoms with Crippen LogP contribution in [0.1, 0.15) is 16.5 Å². The Morgan fingerprint density at radius 1 is 1.42 bits per heavy atom. The SMILES string of the molecule is COCCNC(=O)N[C@H](c1ccsc1)c1cccs1. The van der Waals surface area contributed by atoms with E-state index in [0.29, 0.717) is 13.2 Å². The molecule has 2 N–H and O–H groups in total. The zero-order valence-electron chi connectivity index (χ0n) is 10.6. The molecule has 2 aromatic rings. The predicted octanol–water partition coefficient (Wildman–Crippen LogP) is 2.84. The highest BCUT2D eigenvalue weighted by molar-refractivity contribution is 7.10. The highest BCUT2D eigenvalue weighted by atomic mass is 32.1. The third-order valence-corrected chi connectivity index (χ3v) is 4.21. The van der Waals surface area contributed by atoms with Gasteiger partial charge < -0.3 is 15.4 Å². The largest absolute Gasteiger partial charge is 0.383 e. The number of ether oxygens (including phenoxy) is 1. The second kappa shape index (κ2) is 7.28. The van der Waals surface area contributed by atoms with Crippen molar-refractivity contribution in [2.75, 3.05) is 20.3 Å². The van der Waals surface area contributed by atoms with E-state index in [1.54, 1.807) is 29.8 Å². The zero-order chi connectivity index (χ0) is 13.5. The smallest absolute Gasteiger partial charge is 0.315 e. The number of carbonyl (C=O) groups excluding carboxylic acids is 1. The third kappa shape index (κ3) is 4.05. The maximum atomic E-state index is 11.8. The molecule has 2 aromatic heterocycles. The van der Waals surface area contributed by atoms with Crippen molar-refractivity contribution in [2.24, 2.45) is 0 Å². The molecule has 0 aliphatic heterocycles. The summed E-state index contributed by atoms with van der Waals surface area (Å²) < 4.78 is 4.90. The van der Waals surface area contributed by atoms with Gasteiger partial charge in [-0.05, 0) is 33.8 Å². The average Bonchev–Trinajstić information content (AvgIpc) is 3.09. The Morgan fingerprint density at radius 3 is 2.95 bits per heavy atom. The molecule has 0 bridgehead atoms. The summed E-state index contributed by atoms with van der Waals surface area (Å²) in [5.41, 5.74) is 1.11. The van der Waals surface area contributed by atoms with E-state index in [2.05, 4.69) is 16.0 Å². The Labute approximate surface area is 120 Å². The van der Waals surface area contributed by atoms with Crippen LogP contribution in [-0.2, 0) is 4.74 Å². The lowest BCUT2D eigenvalue weighted by molar-refractivity contribution is 0.195. The monoisotopic (exact) mass is 296 g/mol. The van der Waals surface area contributed by atoms with Gasteiger partial charge in [0.2, 0.25) is 0 Å². The molecule has 19 heavy (non-hydrogen) atoms. The van der Waals surface area contributed by atoms with E-state index < -0.39 is 0 Å². The quantitative estimate of drug-likeness (QED) is 0.805. The van der Waals surface area contributed by atoms with Gasteiger partial charge in [-0.25, -0.2) is 4.79 Å². The number of urea groups is 1. The first-order valence-electron chi connectivity index (χ1n) is 5.90. The Morgan fingerprint density at radius 2 is 2.32 bits per heavy atom. The van der Waals surface area contributed by atoms with Gasteiger partial charge in [0.1, 0.15) is 0 Å². The number of methoxy groups -OCH3 is 1. The van der Waals surface area contributed by atoms with Gasteiger partial charge in [-0.15, -0.1) is 11.3 Å². The molecule has 0 fully saturated rings. The van der Waals surface area contributed by atoms with Gasteiger partial charge in [-0.1, -0.05) is 6.07 Å². The minimum atomic E-state index is -0.179. The maximum absolute atomic E-state index is 11.8. The fourth-order valence-electron chi connectivity index (χ4n) is 1.66. The topological polar surface area (TPSA) is 50.4 Å². The van der Waals surface area contributed by atoms with Crippen molar-refractivity contribution in [1.82, 2.24) is 10.6 Å². The van der Waals surface area contributed by atoms with Crippen molar-refractivity contribution >= 4 is 28.7 Å². The van der Waals surface area contributed by atoms with E-state index in [1.165, 1.54) is 0 Å². The minimum Gasteiger partial charge on any atom is -0.383 e. The van der Waals surface area contributed by atoms with Crippen molar-refractivity contribution in [3.63, 3.8) is 0 Å². The standard InChI is InChI=1S/C13H16N2O2S2/c1-17-6-5-14-13(16)15-12(10-4-8-18-9-10)11-3-2-7-19-11/h2-4,7-9,12H,5-6H2,1H3,(H2,14,15,16)/t12-/m1/s1. The molecule has 1 atom stereocenters. The van der Waals surface area contributed by atoms with Crippen LogP contribution in [0.25, 0.3) is 0 Å². The van der Waals surface area contributed by atoms with Crippen LogP contribution in [0, 0.1) is 0 Å². The summed E-state index contributed by atoms with van der Waals surface area (Å²) in [4.78, 5) is 13.0. The van der Waals surface area contributed by atoms with Crippen LogP contribution in [0.15, 0.2) is 34.3 Å². The van der Waals surface area contributed by atoms with Gasteiger partial charge in [-0.2, -0.15) is 11.3 Å². The van der Waals surface area contributed by atoms with Crippen molar-refractivity contribution in [1.29, 1.82) is 0 Å². The number of carbonyl (C=O) groups is 1. The molecule has 0 saturated carbocycles. The molecule has 0 aliphatic rings. The number of hydrogen-bond acceptors (Lipinski definition) is 4. The first-order chi connectivity index (χ1) is 9.31. The molecular formula is C13H16N2O2S2. The molecular weight excluding hydrogens is 280 g/mol. The molecule has 102 valence electrons. The van der Waals surface area contributed by atoms with E-state index in [9.17, 15) is 4.79 Å². The van der Waals surface area contributed by atoms with Gasteiger partial charge in [-0.3, -0.25) is 0 Å². The highest BCUT2D eigenvalue weighted by Crippen LogP contribution is 2.27. The number of thiophene rings is 2. The number of amides is 2. The molecule has 2 rings (SSSR count). The third-order valence-electron chi connectivity index (χ3n) is 2.57. The zero-order valence-corrected chi connectivity index (χ0v) is 12.2. The number of hydrogen-bond donors (Lipinski definition) is 2. The summed E-state index contributed by atoms with van der Waals surface area (Å²) in [7, 11) is 1.61. The average molecular weight is 296 g/mol. The lowest BCUT2D eigenvalue weighted by atomic mass is 10.1. The van der Waals surface area contributed by atoms with Gasteiger partial charge in [0, 0.05) is 18.5 Å². The lowest BCUT2D eigenvalue weighted by Gasteiger charge is -2.17. The summed E-state index contributed by atoms with van der Waals surface area (Å²) in [6, 6.07) is 5.78.